The zero-order valence-electron chi connectivity index (χ0n) is 23.2. The number of pyridine rings is 1. The molecule has 0 saturated heterocycles. The second-order valence-electron chi connectivity index (χ2n) is 8.54. The largest absolute Gasteiger partial charge is 0.455 e. The summed E-state index contributed by atoms with van der Waals surface area (Å²) in [6, 6.07) is 21.2. The predicted molar refractivity (Wildman–Crippen MR) is 136 cm³/mol. The van der Waals surface area contributed by atoms with Gasteiger partial charge < -0.3 is 4.42 Å². The summed E-state index contributed by atoms with van der Waals surface area (Å²) in [5.74, 6) is -1.78. The minimum absolute atomic E-state index is 0.422. The third-order valence-electron chi connectivity index (χ3n) is 6.38. The number of benzene rings is 3. The van der Waals surface area contributed by atoms with Crippen LogP contribution in [0, 0.1) is 20.4 Å². The van der Waals surface area contributed by atoms with Crippen LogP contribution in [0.3, 0.4) is 0 Å². The Morgan fingerprint density at radius 1 is 1.00 bits per heavy atom. The Morgan fingerprint density at radius 3 is 2.52 bits per heavy atom. The van der Waals surface area contributed by atoms with Gasteiger partial charge in [-0.2, -0.15) is 4.57 Å². The molecule has 2 aromatic heterocycles. The Balaban J connectivity index is 1.88. The first-order valence-corrected chi connectivity index (χ1v) is 10.9. The van der Waals surface area contributed by atoms with Crippen molar-refractivity contribution in [1.29, 1.82) is 0 Å². The molecule has 3 heteroatoms. The molecular formula is C30H27N2O+. The van der Waals surface area contributed by atoms with Gasteiger partial charge in [0.15, 0.2) is 11.4 Å². The van der Waals surface area contributed by atoms with Crippen molar-refractivity contribution >= 4 is 27.6 Å². The van der Waals surface area contributed by atoms with E-state index in [0.717, 1.165) is 44.4 Å². The molecule has 0 N–H and O–H groups in total. The third-order valence-corrected chi connectivity index (χ3v) is 6.38. The van der Waals surface area contributed by atoms with Gasteiger partial charge in [0.05, 0.1) is 12.1 Å². The van der Waals surface area contributed by atoms with Crippen LogP contribution in [-0.4, -0.2) is 0 Å². The van der Waals surface area contributed by atoms with Crippen molar-refractivity contribution in [3.8, 4) is 22.4 Å². The van der Waals surface area contributed by atoms with Crippen LogP contribution in [-0.2, 0) is 7.05 Å². The lowest BCUT2D eigenvalue weighted by atomic mass is 9.95. The first kappa shape index (κ1) is 16.7. The van der Waals surface area contributed by atoms with Crippen molar-refractivity contribution in [2.75, 3.05) is 0 Å². The highest BCUT2D eigenvalue weighted by Gasteiger charge is 2.24. The SMILES string of the molecule is [2H]C([2H])([2H])C([2H])(C)c1cc(C)[n+](C)c(-c2c(C)ccc3c2oc2c(-c4ccccc4)cc([N+]#[C-])cc23)c1. The van der Waals surface area contributed by atoms with E-state index in [9.17, 15) is 0 Å². The molecule has 0 spiro atoms. The molecule has 0 bridgehead atoms. The highest BCUT2D eigenvalue weighted by atomic mass is 16.3. The Bertz CT molecular complexity index is 1730. The number of nitrogens with zero attached hydrogens (tertiary/aromatic N) is 2. The van der Waals surface area contributed by atoms with E-state index in [0.29, 0.717) is 22.4 Å². The molecule has 3 aromatic carbocycles. The quantitative estimate of drug-likeness (QED) is 0.208. The number of aromatic nitrogens is 1. The summed E-state index contributed by atoms with van der Waals surface area (Å²) in [7, 11) is 1.93. The van der Waals surface area contributed by atoms with Gasteiger partial charge in [-0.1, -0.05) is 56.2 Å². The van der Waals surface area contributed by atoms with Crippen LogP contribution in [0.2, 0.25) is 0 Å². The Hall–Kier alpha value is -3.90. The molecule has 0 aliphatic carbocycles. The molecule has 0 fully saturated rings. The van der Waals surface area contributed by atoms with Crippen molar-refractivity contribution in [3.05, 3.63) is 95.0 Å². The van der Waals surface area contributed by atoms with E-state index in [2.05, 4.69) is 4.85 Å². The maximum Gasteiger partial charge on any atom is 0.216 e. The smallest absolute Gasteiger partial charge is 0.216 e. The molecule has 0 aliphatic heterocycles. The van der Waals surface area contributed by atoms with Gasteiger partial charge in [0.25, 0.3) is 0 Å². The summed E-state index contributed by atoms with van der Waals surface area (Å²) in [5, 5.41) is 1.73. The summed E-state index contributed by atoms with van der Waals surface area (Å²) >= 11 is 0. The fourth-order valence-corrected chi connectivity index (χ4v) is 4.49. The normalized spacial score (nSPS) is 15.4. The van der Waals surface area contributed by atoms with Crippen LogP contribution in [0.4, 0.5) is 5.69 Å². The Labute approximate surface area is 200 Å². The topological polar surface area (TPSA) is 21.4 Å². The number of fused-ring (bicyclic) bond motifs is 3. The highest BCUT2D eigenvalue weighted by molar-refractivity contribution is 6.14. The molecule has 0 aliphatic rings. The zero-order chi connectivity index (χ0) is 26.7. The van der Waals surface area contributed by atoms with Gasteiger partial charge in [0.1, 0.15) is 18.2 Å². The summed E-state index contributed by atoms with van der Waals surface area (Å²) in [4.78, 5) is 3.71. The lowest BCUT2D eigenvalue weighted by Crippen LogP contribution is -2.35. The molecule has 33 heavy (non-hydrogen) atoms. The molecule has 0 saturated carbocycles. The van der Waals surface area contributed by atoms with Gasteiger partial charge in [0, 0.05) is 40.9 Å². The summed E-state index contributed by atoms with van der Waals surface area (Å²) in [6.45, 7) is 10.5. The lowest BCUT2D eigenvalue weighted by Gasteiger charge is -2.11. The fourth-order valence-electron chi connectivity index (χ4n) is 4.49. The van der Waals surface area contributed by atoms with Crippen molar-refractivity contribution in [2.24, 2.45) is 7.05 Å². The Kier molecular flexibility index (Phi) is 4.00. The van der Waals surface area contributed by atoms with Crippen LogP contribution in [0.1, 0.15) is 42.0 Å². The molecule has 0 amide bonds. The average molecular weight is 436 g/mol. The van der Waals surface area contributed by atoms with Gasteiger partial charge in [-0.05, 0) is 41.6 Å². The van der Waals surface area contributed by atoms with Crippen molar-refractivity contribution < 1.29 is 14.5 Å². The third kappa shape index (κ3) is 3.39. The summed E-state index contributed by atoms with van der Waals surface area (Å²) in [6.07, 6.45) is 0. The second kappa shape index (κ2) is 7.90. The predicted octanol–water partition coefficient (Wildman–Crippen LogP) is 8.04. The molecule has 3 nitrogen and oxygen atoms in total. The van der Waals surface area contributed by atoms with Gasteiger partial charge in [0.2, 0.25) is 5.69 Å². The molecule has 1 unspecified atom stereocenters. The van der Waals surface area contributed by atoms with Gasteiger partial charge in [-0.3, -0.25) is 0 Å². The molecule has 1 atom stereocenters. The standard InChI is InChI=1S/C30H27N2O/c1-18(2)22-14-20(4)32(6)27(15-22)28-19(3)12-13-24-26-17-23(31-5)16-25(29(26)33-30(24)28)21-10-8-7-9-11-21/h7-18H,1-4,6H3/q+1/i1D3,18D. The van der Waals surface area contributed by atoms with E-state index >= 15 is 0 Å². The molecule has 0 radical (unpaired) electrons. The van der Waals surface area contributed by atoms with Crippen LogP contribution >= 0.6 is 0 Å². The van der Waals surface area contributed by atoms with Gasteiger partial charge in [-0.25, -0.2) is 4.85 Å². The van der Waals surface area contributed by atoms with E-state index in [-0.39, 0.29) is 0 Å². The van der Waals surface area contributed by atoms with E-state index in [1.807, 2.05) is 80.1 Å². The molecule has 162 valence electrons. The van der Waals surface area contributed by atoms with Crippen LogP contribution < -0.4 is 4.57 Å². The van der Waals surface area contributed by atoms with Crippen LogP contribution in [0.15, 0.2) is 71.1 Å². The fraction of sp³-hybridized carbons (Fsp3) is 0.200. The highest BCUT2D eigenvalue weighted by Crippen LogP contribution is 2.42. The number of rotatable bonds is 3. The minimum Gasteiger partial charge on any atom is -0.455 e. The number of aryl methyl sites for hydroxylation is 2. The maximum absolute atomic E-state index is 8.69. The van der Waals surface area contributed by atoms with Gasteiger partial charge >= 0.3 is 0 Å². The lowest BCUT2D eigenvalue weighted by molar-refractivity contribution is -0.666. The van der Waals surface area contributed by atoms with Crippen LogP contribution in [0.5, 0.6) is 0 Å². The zero-order valence-corrected chi connectivity index (χ0v) is 19.2. The number of furan rings is 1. The van der Waals surface area contributed by atoms with E-state index in [1.165, 1.54) is 6.92 Å². The average Bonchev–Trinajstić information content (AvgIpc) is 3.23. The monoisotopic (exact) mass is 435 g/mol. The van der Waals surface area contributed by atoms with Crippen molar-refractivity contribution in [3.63, 3.8) is 0 Å². The maximum atomic E-state index is 8.69. The molecular weight excluding hydrogens is 404 g/mol. The van der Waals surface area contributed by atoms with E-state index < -0.39 is 12.7 Å². The van der Waals surface area contributed by atoms with Crippen molar-refractivity contribution in [2.45, 2.75) is 33.5 Å². The number of hydrogen-bond acceptors (Lipinski definition) is 1. The molecule has 2 heterocycles. The van der Waals surface area contributed by atoms with E-state index in [1.54, 1.807) is 12.1 Å². The summed E-state index contributed by atoms with van der Waals surface area (Å²) < 4.78 is 41.2. The second-order valence-corrected chi connectivity index (χ2v) is 8.54. The first-order valence-electron chi connectivity index (χ1n) is 12.9. The molecule has 5 aromatic rings. The number of hydrogen-bond donors (Lipinski definition) is 0. The first-order chi connectivity index (χ1) is 17.4. The summed E-state index contributed by atoms with van der Waals surface area (Å²) in [5.41, 5.74) is 7.53. The van der Waals surface area contributed by atoms with Gasteiger partial charge in [-0.15, -0.1) is 0 Å². The van der Waals surface area contributed by atoms with Crippen molar-refractivity contribution in [1.82, 2.24) is 0 Å². The molecule has 5 rings (SSSR count). The van der Waals surface area contributed by atoms with Crippen LogP contribution in [0.25, 0.3) is 49.2 Å². The Morgan fingerprint density at radius 2 is 1.79 bits per heavy atom. The minimum atomic E-state index is -2.49. The van der Waals surface area contributed by atoms with E-state index in [4.69, 9.17) is 16.5 Å².